The molecule has 0 saturated heterocycles. The number of alkyl halides is 6. The predicted octanol–water partition coefficient (Wildman–Crippen LogP) is 7.47. The highest BCUT2D eigenvalue weighted by Crippen LogP contribution is 2.67. The van der Waals surface area contributed by atoms with Crippen molar-refractivity contribution in [1.29, 1.82) is 0 Å². The second-order valence-electron chi connectivity index (χ2n) is 14.2. The molecule has 9 atom stereocenters. The van der Waals surface area contributed by atoms with Crippen molar-refractivity contribution in [3.8, 4) is 0 Å². The van der Waals surface area contributed by atoms with E-state index in [1.807, 2.05) is 19.9 Å². The van der Waals surface area contributed by atoms with Crippen molar-refractivity contribution < 1.29 is 58.0 Å². The molecule has 0 radical (unpaired) electrons. The lowest BCUT2D eigenvalue weighted by atomic mass is 9.46. The molecule has 1 aromatic carbocycles. The van der Waals surface area contributed by atoms with Gasteiger partial charge in [-0.2, -0.15) is 34.8 Å². The maximum Gasteiger partial charge on any atom is 0.490 e. The number of aryl methyl sites for hydroxylation is 1. The minimum absolute atomic E-state index is 0.00739. The Morgan fingerprint density at radius 3 is 2.17 bits per heavy atom. The highest BCUT2D eigenvalue weighted by Gasteiger charge is 2.63. The summed E-state index contributed by atoms with van der Waals surface area (Å²) >= 11 is 0. The first kappa shape index (κ1) is 35.7. The summed E-state index contributed by atoms with van der Waals surface area (Å²) in [6.07, 6.45) is -8.89. The molecule has 14 heteroatoms. The van der Waals surface area contributed by atoms with Crippen LogP contribution in [0.4, 0.5) is 26.3 Å². The summed E-state index contributed by atoms with van der Waals surface area (Å²) < 4.78 is 120. The first-order valence-electron chi connectivity index (χ1n) is 15.9. The zero-order chi connectivity index (χ0) is 34.7. The normalized spacial score (nSPS) is 34.7. The third kappa shape index (κ3) is 6.69. The second-order valence-corrected chi connectivity index (χ2v) is 15.9. The van der Waals surface area contributed by atoms with Crippen LogP contribution in [0.5, 0.6) is 0 Å². The lowest BCUT2D eigenvalue weighted by molar-refractivity contribution is -0.223. The number of carbonyl (C=O) groups is 2. The number of ether oxygens (including phenoxy) is 2. The Morgan fingerprint density at radius 2 is 1.55 bits per heavy atom. The van der Waals surface area contributed by atoms with Crippen molar-refractivity contribution in [3.05, 3.63) is 41.5 Å². The first-order valence-corrected chi connectivity index (χ1v) is 17.3. The fourth-order valence-electron chi connectivity index (χ4n) is 9.39. The number of benzene rings is 1. The molecular formula is C33H40F6O7S. The lowest BCUT2D eigenvalue weighted by Crippen LogP contribution is -2.57. The molecule has 5 rings (SSSR count). The van der Waals surface area contributed by atoms with Gasteiger partial charge >= 0.3 is 24.3 Å². The lowest BCUT2D eigenvalue weighted by Gasteiger charge is -2.60. The number of esters is 2. The van der Waals surface area contributed by atoms with Gasteiger partial charge in [-0.15, -0.1) is 0 Å². The number of hydrogen-bond donors (Lipinski definition) is 0. The van der Waals surface area contributed by atoms with E-state index in [4.69, 9.17) is 8.92 Å². The van der Waals surface area contributed by atoms with Crippen molar-refractivity contribution in [3.63, 3.8) is 0 Å². The van der Waals surface area contributed by atoms with Gasteiger partial charge in [-0.25, -0.2) is 9.59 Å². The Hall–Kier alpha value is -2.61. The molecule has 0 aliphatic heterocycles. The van der Waals surface area contributed by atoms with Crippen LogP contribution in [-0.4, -0.2) is 51.5 Å². The van der Waals surface area contributed by atoms with Crippen molar-refractivity contribution >= 4 is 22.1 Å². The van der Waals surface area contributed by atoms with E-state index in [0.717, 1.165) is 18.4 Å². The smallest absolute Gasteiger partial charge is 0.455 e. The molecule has 47 heavy (non-hydrogen) atoms. The number of fused-ring (bicyclic) bond motifs is 5. The molecule has 4 aliphatic carbocycles. The topological polar surface area (TPSA) is 96.0 Å². The average molecular weight is 695 g/mol. The molecule has 262 valence electrons. The molecule has 0 amide bonds. The Morgan fingerprint density at radius 1 is 0.936 bits per heavy atom. The van der Waals surface area contributed by atoms with Crippen molar-refractivity contribution in [2.45, 2.75) is 102 Å². The first-order chi connectivity index (χ1) is 21.7. The number of carbonyl (C=O) groups excluding carboxylic acids is 2. The molecule has 7 nitrogen and oxygen atoms in total. The summed E-state index contributed by atoms with van der Waals surface area (Å²) in [6.45, 7) is 7.70. The zero-order valence-electron chi connectivity index (χ0n) is 26.6. The molecule has 1 aromatic rings. The number of allylic oxidation sites excluding steroid dienone is 1. The summed E-state index contributed by atoms with van der Waals surface area (Å²) in [5, 5.41) is 0. The van der Waals surface area contributed by atoms with Crippen LogP contribution < -0.4 is 0 Å². The number of halogens is 6. The van der Waals surface area contributed by atoms with Crippen LogP contribution in [0.25, 0.3) is 0 Å². The molecule has 0 spiro atoms. The highest BCUT2D eigenvalue weighted by molar-refractivity contribution is 7.86. The summed E-state index contributed by atoms with van der Waals surface area (Å²) in [4.78, 5) is 23.8. The van der Waals surface area contributed by atoms with Gasteiger partial charge in [-0.1, -0.05) is 50.1 Å². The molecule has 4 aliphatic rings. The van der Waals surface area contributed by atoms with E-state index in [2.05, 4.69) is 11.7 Å². The van der Waals surface area contributed by atoms with Gasteiger partial charge in [-0.05, 0) is 86.2 Å². The van der Waals surface area contributed by atoms with E-state index in [1.54, 1.807) is 19.1 Å². The summed E-state index contributed by atoms with van der Waals surface area (Å²) in [5.74, 6) is -5.03. The molecule has 0 N–H and O–H groups in total. The van der Waals surface area contributed by atoms with Crippen molar-refractivity contribution in [2.75, 3.05) is 6.61 Å². The fourth-order valence-corrected chi connectivity index (χ4v) is 10.4. The Bertz CT molecular complexity index is 1500. The van der Waals surface area contributed by atoms with E-state index in [1.165, 1.54) is 12.1 Å². The summed E-state index contributed by atoms with van der Waals surface area (Å²) in [5.41, 5.74) is 0.114. The third-order valence-electron chi connectivity index (χ3n) is 11.7. The average Bonchev–Trinajstić information content (AvgIpc) is 3.33. The quantitative estimate of drug-likeness (QED) is 0.127. The molecule has 0 heterocycles. The molecule has 3 saturated carbocycles. The Kier molecular flexibility index (Phi) is 9.39. The fraction of sp³-hybridized carbons (Fsp3) is 0.697. The van der Waals surface area contributed by atoms with E-state index in [9.17, 15) is 44.3 Å². The minimum atomic E-state index is -5.32. The van der Waals surface area contributed by atoms with Gasteiger partial charge in [0.25, 0.3) is 10.1 Å². The van der Waals surface area contributed by atoms with Crippen molar-refractivity contribution in [2.24, 2.45) is 40.4 Å². The van der Waals surface area contributed by atoms with Gasteiger partial charge in [0.2, 0.25) is 0 Å². The van der Waals surface area contributed by atoms with Gasteiger partial charge in [0.15, 0.2) is 0 Å². The number of rotatable bonds is 7. The van der Waals surface area contributed by atoms with E-state index >= 15 is 0 Å². The molecule has 2 unspecified atom stereocenters. The van der Waals surface area contributed by atoms with Crippen LogP contribution in [0.15, 0.2) is 40.8 Å². The largest absolute Gasteiger partial charge is 0.490 e. The van der Waals surface area contributed by atoms with Gasteiger partial charge in [0.1, 0.15) is 12.2 Å². The maximum absolute atomic E-state index is 13.4. The molecule has 0 aromatic heterocycles. The second kappa shape index (κ2) is 12.4. The van der Waals surface area contributed by atoms with Crippen LogP contribution in [0.3, 0.4) is 0 Å². The van der Waals surface area contributed by atoms with Crippen LogP contribution in [0.1, 0.15) is 71.3 Å². The third-order valence-corrected chi connectivity index (χ3v) is 13.0. The maximum atomic E-state index is 13.4. The van der Waals surface area contributed by atoms with Crippen LogP contribution >= 0.6 is 0 Å². The molecular weight excluding hydrogens is 654 g/mol. The molecule has 0 bridgehead atoms. The van der Waals surface area contributed by atoms with Crippen molar-refractivity contribution in [1.82, 2.24) is 0 Å². The van der Waals surface area contributed by atoms with Gasteiger partial charge in [0, 0.05) is 18.3 Å². The van der Waals surface area contributed by atoms with E-state index in [-0.39, 0.29) is 52.9 Å². The SMILES string of the molecule is Cc1ccc(S(=O)(=O)OC[C@@H](C)[C@H]2CC[C@H]3[C@@H]4CC=C5CC(OC(=O)C(F)(F)F)CC(OC(=O)C(F)(F)F)[C@]5(C)[C@H]4CC[C@]23C)cc1. The van der Waals surface area contributed by atoms with Gasteiger partial charge in [-0.3, -0.25) is 4.18 Å². The molecule has 3 fully saturated rings. The van der Waals surface area contributed by atoms with E-state index < -0.39 is 58.5 Å². The van der Waals surface area contributed by atoms with Crippen LogP contribution in [0.2, 0.25) is 0 Å². The Labute approximate surface area is 270 Å². The van der Waals surface area contributed by atoms with Crippen LogP contribution in [0, 0.1) is 47.3 Å². The van der Waals surface area contributed by atoms with Crippen LogP contribution in [-0.2, 0) is 33.4 Å². The number of hydrogen-bond acceptors (Lipinski definition) is 7. The predicted molar refractivity (Wildman–Crippen MR) is 156 cm³/mol. The highest BCUT2D eigenvalue weighted by atomic mass is 32.2. The Balaban J connectivity index is 1.36. The van der Waals surface area contributed by atoms with E-state index in [0.29, 0.717) is 24.8 Å². The van der Waals surface area contributed by atoms with Gasteiger partial charge in [0.05, 0.1) is 11.5 Å². The van der Waals surface area contributed by atoms with Gasteiger partial charge < -0.3 is 9.47 Å². The summed E-state index contributed by atoms with van der Waals surface area (Å²) in [7, 11) is -3.96. The zero-order valence-corrected chi connectivity index (χ0v) is 27.4. The minimum Gasteiger partial charge on any atom is -0.455 e. The monoisotopic (exact) mass is 694 g/mol. The standard InChI is InChI=1S/C33H40F6O7S/c1-18-5-8-22(9-6-18)47(42,43)44-17-19(2)24-11-12-25-23-10-7-20-15-21(45-28(40)32(34,35)36)16-27(46-29(41)33(37,38)39)31(20,4)26(23)13-14-30(24,25)3/h5-9,19,21,23-27H,10-17H2,1-4H3/t19-,21?,23+,24-,25+,26+,27?,30-,31+/m1/s1. The summed E-state index contributed by atoms with van der Waals surface area (Å²) in [6, 6.07) is 6.40.